The van der Waals surface area contributed by atoms with E-state index in [1.807, 2.05) is 0 Å². The van der Waals surface area contributed by atoms with Gasteiger partial charge in [0.15, 0.2) is 5.78 Å². The minimum atomic E-state index is -1.32. The number of ketones is 1. The predicted molar refractivity (Wildman–Crippen MR) is 73.3 cm³/mol. The Morgan fingerprint density at radius 1 is 1.32 bits per heavy atom. The summed E-state index contributed by atoms with van der Waals surface area (Å²) in [5, 5.41) is 10.5. The number of non-ortho nitro benzene ring substituents is 1. The maximum atomic E-state index is 11.8. The molecule has 0 fully saturated rings. The van der Waals surface area contributed by atoms with Crippen molar-refractivity contribution in [3.8, 4) is 0 Å². The lowest BCUT2D eigenvalue weighted by Crippen LogP contribution is -2.36. The van der Waals surface area contributed by atoms with Gasteiger partial charge in [0.05, 0.1) is 27.2 Å². The van der Waals surface area contributed by atoms with Gasteiger partial charge in [-0.1, -0.05) is 0 Å². The first-order valence-corrected chi connectivity index (χ1v) is 6.80. The Kier molecular flexibility index (Phi) is 4.90. The summed E-state index contributed by atoms with van der Waals surface area (Å²) in [6.07, 6.45) is 0. The fraction of sp³-hybridized carbons (Fsp3) is 0.417. The van der Waals surface area contributed by atoms with Crippen LogP contribution in [0, 0.1) is 10.1 Å². The first kappa shape index (κ1) is 15.5. The second-order valence-corrected chi connectivity index (χ2v) is 6.98. The monoisotopic (exact) mass is 284 g/mol. The van der Waals surface area contributed by atoms with Crippen LogP contribution in [0.1, 0.15) is 31.1 Å². The van der Waals surface area contributed by atoms with Gasteiger partial charge in [0.2, 0.25) is 0 Å². The van der Waals surface area contributed by atoms with Gasteiger partial charge in [-0.05, 0) is 32.9 Å². The number of nitro benzene ring substituents is 1. The van der Waals surface area contributed by atoms with Gasteiger partial charge >= 0.3 is 0 Å². The Bertz CT molecular complexity index is 505. The van der Waals surface area contributed by atoms with Crippen LogP contribution in [-0.2, 0) is 11.0 Å². The van der Waals surface area contributed by atoms with Crippen LogP contribution in [0.3, 0.4) is 0 Å². The molecule has 0 aliphatic heterocycles. The molecule has 0 radical (unpaired) electrons. The van der Waals surface area contributed by atoms with Gasteiger partial charge in [-0.25, -0.2) is 8.93 Å². The van der Waals surface area contributed by atoms with E-state index in [9.17, 15) is 19.1 Å². The molecule has 0 aliphatic rings. The number of carbonyl (C=O) groups excluding carboxylic acids is 1. The van der Waals surface area contributed by atoms with Crippen molar-refractivity contribution in [2.45, 2.75) is 25.5 Å². The molecule has 0 saturated carbocycles. The summed E-state index contributed by atoms with van der Waals surface area (Å²) in [6.45, 7) is 5.33. The van der Waals surface area contributed by atoms with Crippen molar-refractivity contribution in [2.24, 2.45) is 0 Å². The van der Waals surface area contributed by atoms with Gasteiger partial charge in [0.25, 0.3) is 5.69 Å². The molecule has 1 aromatic carbocycles. The van der Waals surface area contributed by atoms with Crippen molar-refractivity contribution in [2.75, 3.05) is 6.54 Å². The predicted octanol–water partition coefficient (Wildman–Crippen LogP) is 1.83. The third-order valence-corrected chi connectivity index (χ3v) is 3.84. The molecular weight excluding hydrogens is 268 g/mol. The lowest BCUT2D eigenvalue weighted by molar-refractivity contribution is -0.384. The van der Waals surface area contributed by atoms with Crippen molar-refractivity contribution in [1.29, 1.82) is 0 Å². The number of nitro groups is 1. The Morgan fingerprint density at radius 2 is 1.84 bits per heavy atom. The van der Waals surface area contributed by atoms with Crippen molar-refractivity contribution >= 4 is 22.5 Å². The van der Waals surface area contributed by atoms with Crippen LogP contribution in [0.5, 0.6) is 0 Å². The quantitative estimate of drug-likeness (QED) is 0.507. The highest BCUT2D eigenvalue weighted by Gasteiger charge is 2.20. The number of rotatable bonds is 5. The van der Waals surface area contributed by atoms with Gasteiger partial charge < -0.3 is 0 Å². The number of nitrogens with zero attached hydrogens (tertiary/aromatic N) is 1. The van der Waals surface area contributed by atoms with E-state index < -0.39 is 20.7 Å². The van der Waals surface area contributed by atoms with Crippen LogP contribution in [0.4, 0.5) is 5.69 Å². The minimum absolute atomic E-state index is 0.0669. The number of nitrogens with one attached hydrogen (secondary N) is 1. The van der Waals surface area contributed by atoms with Crippen LogP contribution in [-0.4, -0.2) is 26.2 Å². The minimum Gasteiger partial charge on any atom is -0.293 e. The van der Waals surface area contributed by atoms with Crippen molar-refractivity contribution in [1.82, 2.24) is 4.72 Å². The molecule has 0 spiro atoms. The second kappa shape index (κ2) is 6.03. The average Bonchev–Trinajstić information content (AvgIpc) is 2.34. The highest BCUT2D eigenvalue weighted by Crippen LogP contribution is 2.12. The highest BCUT2D eigenvalue weighted by molar-refractivity contribution is 7.84. The number of hydrogen-bond acceptors (Lipinski definition) is 4. The fourth-order valence-corrected chi connectivity index (χ4v) is 1.91. The van der Waals surface area contributed by atoms with Crippen molar-refractivity contribution < 1.29 is 13.9 Å². The molecule has 1 N–H and O–H groups in total. The highest BCUT2D eigenvalue weighted by atomic mass is 32.2. The van der Waals surface area contributed by atoms with Gasteiger partial charge in [0, 0.05) is 17.7 Å². The summed E-state index contributed by atoms with van der Waals surface area (Å²) >= 11 is 0. The number of Topliss-reactive ketones (excluding diaryl/α,β-unsaturated/α-hetero) is 1. The Balaban J connectivity index is 2.64. The normalized spacial score (nSPS) is 13.0. The van der Waals surface area contributed by atoms with E-state index >= 15 is 0 Å². The van der Waals surface area contributed by atoms with Crippen molar-refractivity contribution in [3.63, 3.8) is 0 Å². The number of carbonyl (C=O) groups is 1. The van der Waals surface area contributed by atoms with E-state index in [4.69, 9.17) is 0 Å². The molecule has 0 heterocycles. The molecule has 0 bridgehead atoms. The van der Waals surface area contributed by atoms with Gasteiger partial charge in [-0.15, -0.1) is 0 Å². The molecule has 0 amide bonds. The van der Waals surface area contributed by atoms with E-state index in [2.05, 4.69) is 4.72 Å². The first-order valence-electron chi connectivity index (χ1n) is 5.65. The summed E-state index contributed by atoms with van der Waals surface area (Å²) in [5.74, 6) is -0.257. The van der Waals surface area contributed by atoms with E-state index in [1.165, 1.54) is 24.3 Å². The van der Waals surface area contributed by atoms with Crippen LogP contribution in [0.15, 0.2) is 24.3 Å². The molecule has 1 unspecified atom stereocenters. The zero-order chi connectivity index (χ0) is 14.6. The zero-order valence-electron chi connectivity index (χ0n) is 11.0. The molecule has 104 valence electrons. The van der Waals surface area contributed by atoms with Crippen LogP contribution in [0.25, 0.3) is 0 Å². The largest absolute Gasteiger partial charge is 0.293 e. The average molecular weight is 284 g/mol. The molecular formula is C12H16N2O4S. The van der Waals surface area contributed by atoms with Crippen molar-refractivity contribution in [3.05, 3.63) is 39.9 Å². The maximum Gasteiger partial charge on any atom is 0.269 e. The fourth-order valence-electron chi connectivity index (χ4n) is 1.22. The second-order valence-electron chi connectivity index (χ2n) is 4.93. The molecule has 1 rings (SSSR count). The van der Waals surface area contributed by atoms with Crippen LogP contribution in [0.2, 0.25) is 0 Å². The van der Waals surface area contributed by atoms with Gasteiger partial charge in [-0.3, -0.25) is 14.9 Å². The summed E-state index contributed by atoms with van der Waals surface area (Å²) in [6, 6.07) is 5.33. The SMILES string of the molecule is CC(C)(C)S(=O)NCC(=O)c1ccc([N+](=O)[O-])cc1. The Labute approximate surface area is 113 Å². The third kappa shape index (κ3) is 4.53. The summed E-state index contributed by atoms with van der Waals surface area (Å²) in [5.41, 5.74) is 0.284. The first-order chi connectivity index (χ1) is 8.71. The van der Waals surface area contributed by atoms with E-state index in [0.29, 0.717) is 5.56 Å². The summed E-state index contributed by atoms with van der Waals surface area (Å²) in [7, 11) is -1.32. The van der Waals surface area contributed by atoms with Gasteiger partial charge in [0.1, 0.15) is 0 Å². The topological polar surface area (TPSA) is 89.3 Å². The molecule has 19 heavy (non-hydrogen) atoms. The summed E-state index contributed by atoms with van der Waals surface area (Å²) in [4.78, 5) is 21.7. The van der Waals surface area contributed by atoms with E-state index in [1.54, 1.807) is 20.8 Å². The summed E-state index contributed by atoms with van der Waals surface area (Å²) < 4.78 is 13.9. The smallest absolute Gasteiger partial charge is 0.269 e. The molecule has 0 saturated heterocycles. The molecule has 0 aliphatic carbocycles. The Morgan fingerprint density at radius 3 is 2.26 bits per heavy atom. The molecule has 0 aromatic heterocycles. The molecule has 6 nitrogen and oxygen atoms in total. The number of hydrogen-bond donors (Lipinski definition) is 1. The third-order valence-electron chi connectivity index (χ3n) is 2.32. The lowest BCUT2D eigenvalue weighted by Gasteiger charge is -2.17. The van der Waals surface area contributed by atoms with Crippen LogP contribution < -0.4 is 4.72 Å². The standard InChI is InChI=1S/C12H16N2O4S/c1-12(2,3)19(18)13-8-11(15)9-4-6-10(7-5-9)14(16)17/h4-7,13H,8H2,1-3H3. The number of benzene rings is 1. The van der Waals surface area contributed by atoms with E-state index in [0.717, 1.165) is 0 Å². The molecule has 1 aromatic rings. The molecule has 1 atom stereocenters. The van der Waals surface area contributed by atoms with E-state index in [-0.39, 0.29) is 18.0 Å². The van der Waals surface area contributed by atoms with Crippen LogP contribution >= 0.6 is 0 Å². The molecule has 7 heteroatoms. The zero-order valence-corrected chi connectivity index (χ0v) is 11.8. The Hall–Kier alpha value is -1.60. The van der Waals surface area contributed by atoms with Gasteiger partial charge in [-0.2, -0.15) is 0 Å². The maximum absolute atomic E-state index is 11.8. The lowest BCUT2D eigenvalue weighted by atomic mass is 10.1.